The highest BCUT2D eigenvalue weighted by molar-refractivity contribution is 9.09. The Balaban J connectivity index is 1.58. The average Bonchev–Trinajstić information content (AvgIpc) is 2.66. The first-order valence-electron chi connectivity index (χ1n) is 10.3. The first-order valence-corrected chi connectivity index (χ1v) is 11.4. The monoisotopic (exact) mass is 454 g/mol. The Morgan fingerprint density at radius 3 is 2.68 bits per heavy atom. The number of ether oxygens (including phenoxy) is 2. The van der Waals surface area contributed by atoms with E-state index in [1.165, 1.54) is 11.6 Å². The van der Waals surface area contributed by atoms with Crippen molar-refractivity contribution in [3.05, 3.63) is 47.5 Å². The number of benzene rings is 1. The lowest BCUT2D eigenvalue weighted by Crippen LogP contribution is -2.60. The van der Waals surface area contributed by atoms with E-state index in [0.29, 0.717) is 24.0 Å². The van der Waals surface area contributed by atoms with Crippen molar-refractivity contribution in [1.29, 1.82) is 0 Å². The molecular weight excluding hydrogens is 426 g/mol. The van der Waals surface area contributed by atoms with Gasteiger partial charge in [-0.3, -0.25) is 0 Å². The van der Waals surface area contributed by atoms with Crippen molar-refractivity contribution in [2.24, 2.45) is 22.7 Å². The highest BCUT2D eigenvalue weighted by atomic mass is 79.9. The summed E-state index contributed by atoms with van der Waals surface area (Å²) in [5, 5.41) is 0.990. The first-order chi connectivity index (χ1) is 13.3. The van der Waals surface area contributed by atoms with Crippen molar-refractivity contribution in [2.75, 3.05) is 11.9 Å². The zero-order valence-electron chi connectivity index (χ0n) is 16.6. The highest BCUT2D eigenvalue weighted by Crippen LogP contribution is 2.63. The molecule has 2 unspecified atom stereocenters. The minimum absolute atomic E-state index is 0.0634. The quantitative estimate of drug-likeness (QED) is 0.380. The Labute approximate surface area is 174 Å². The predicted molar refractivity (Wildman–Crippen MR) is 109 cm³/mol. The van der Waals surface area contributed by atoms with Crippen LogP contribution in [0.3, 0.4) is 0 Å². The van der Waals surface area contributed by atoms with Gasteiger partial charge in [0.15, 0.2) is 17.9 Å². The van der Waals surface area contributed by atoms with E-state index in [0.717, 1.165) is 43.5 Å². The second kappa shape index (κ2) is 7.48. The summed E-state index contributed by atoms with van der Waals surface area (Å²) < 4.78 is 39.4. The number of alkyl halides is 1. The smallest absolute Gasteiger partial charge is 0.184 e. The third-order valence-corrected chi connectivity index (χ3v) is 8.22. The van der Waals surface area contributed by atoms with Gasteiger partial charge in [0, 0.05) is 16.3 Å². The van der Waals surface area contributed by atoms with E-state index in [2.05, 4.69) is 36.4 Å². The zero-order valence-corrected chi connectivity index (χ0v) is 18.2. The second-order valence-corrected chi connectivity index (χ2v) is 10.1. The van der Waals surface area contributed by atoms with Gasteiger partial charge in [0.1, 0.15) is 0 Å². The summed E-state index contributed by atoms with van der Waals surface area (Å²) in [5.74, 6) is -0.692. The predicted octanol–water partition coefficient (Wildman–Crippen LogP) is 6.55. The summed E-state index contributed by atoms with van der Waals surface area (Å²) in [4.78, 5) is 0. The molecule has 1 aromatic carbocycles. The van der Waals surface area contributed by atoms with E-state index in [1.807, 2.05) is 0 Å². The van der Waals surface area contributed by atoms with Gasteiger partial charge in [-0.15, -0.1) is 0 Å². The number of hydrogen-bond donors (Lipinski definition) is 0. The number of allylic oxidation sites excluding steroid dienone is 1. The lowest BCUT2D eigenvalue weighted by Gasteiger charge is -2.62. The molecule has 0 bridgehead atoms. The van der Waals surface area contributed by atoms with Gasteiger partial charge in [-0.1, -0.05) is 48.0 Å². The molecular formula is C23H29BrF2O2. The minimum atomic E-state index is -0.863. The molecule has 0 aromatic heterocycles. The summed E-state index contributed by atoms with van der Waals surface area (Å²) in [6.07, 6.45) is 4.78. The lowest BCUT2D eigenvalue weighted by molar-refractivity contribution is -0.307. The molecule has 1 heterocycles. The summed E-state index contributed by atoms with van der Waals surface area (Å²) >= 11 is 3.63. The molecule has 2 nitrogen and oxygen atoms in total. The standard InChI is InChI=1S/C23H29BrF2O2/c1-14-4-7-19-22(2,16(14)9-11-24)10-8-20-23(19,3)13-27-21(28-20)15-5-6-17(25)18(26)12-15/h5-6,12,16,19-21H,1,4,7-11,13H2,2-3H3/t16-,19?,20-,21?,22+,23+/m1/s1. The Morgan fingerprint density at radius 1 is 1.18 bits per heavy atom. The maximum Gasteiger partial charge on any atom is 0.184 e. The van der Waals surface area contributed by atoms with Crippen LogP contribution in [-0.2, 0) is 9.47 Å². The molecule has 3 aliphatic rings. The van der Waals surface area contributed by atoms with Gasteiger partial charge in [-0.05, 0) is 61.5 Å². The molecule has 0 N–H and O–H groups in total. The van der Waals surface area contributed by atoms with Crippen LogP contribution in [-0.4, -0.2) is 18.0 Å². The fourth-order valence-electron chi connectivity index (χ4n) is 6.31. The number of rotatable bonds is 3. The van der Waals surface area contributed by atoms with E-state index in [-0.39, 0.29) is 16.9 Å². The molecule has 1 saturated heterocycles. The van der Waals surface area contributed by atoms with E-state index in [4.69, 9.17) is 9.47 Å². The molecule has 0 radical (unpaired) electrons. The Bertz CT molecular complexity index is 769. The fourth-order valence-corrected chi connectivity index (χ4v) is 6.77. The fraction of sp³-hybridized carbons (Fsp3) is 0.652. The van der Waals surface area contributed by atoms with Crippen molar-refractivity contribution >= 4 is 15.9 Å². The number of fused-ring (bicyclic) bond motifs is 3. The second-order valence-electron chi connectivity index (χ2n) is 9.27. The van der Waals surface area contributed by atoms with Gasteiger partial charge in [0.2, 0.25) is 0 Å². The molecule has 28 heavy (non-hydrogen) atoms. The molecule has 2 aliphatic carbocycles. The molecule has 6 atom stereocenters. The maximum absolute atomic E-state index is 13.7. The van der Waals surface area contributed by atoms with E-state index < -0.39 is 17.9 Å². The van der Waals surface area contributed by atoms with E-state index >= 15 is 0 Å². The Kier molecular flexibility index (Phi) is 5.47. The van der Waals surface area contributed by atoms with Crippen LogP contribution in [0.5, 0.6) is 0 Å². The van der Waals surface area contributed by atoms with Crippen LogP contribution in [0.2, 0.25) is 0 Å². The normalized spacial score (nSPS) is 40.7. The van der Waals surface area contributed by atoms with Gasteiger partial charge >= 0.3 is 0 Å². The number of halogens is 3. The van der Waals surface area contributed by atoms with E-state index in [1.54, 1.807) is 6.07 Å². The molecule has 0 spiro atoms. The van der Waals surface area contributed by atoms with Crippen LogP contribution in [0.25, 0.3) is 0 Å². The molecule has 4 rings (SSSR count). The van der Waals surface area contributed by atoms with Crippen LogP contribution in [0.4, 0.5) is 8.78 Å². The van der Waals surface area contributed by atoms with Crippen molar-refractivity contribution < 1.29 is 18.3 Å². The maximum atomic E-state index is 13.7. The van der Waals surface area contributed by atoms with Gasteiger partial charge in [-0.2, -0.15) is 0 Å². The SMILES string of the molecule is C=C1CCC2[C@]3(C)COC(c4ccc(F)c(F)c4)O[C@@H]3CC[C@@]2(C)[C@@H]1CCBr. The van der Waals surface area contributed by atoms with Crippen molar-refractivity contribution in [3.63, 3.8) is 0 Å². The first kappa shape index (κ1) is 20.5. The van der Waals surface area contributed by atoms with Crippen molar-refractivity contribution in [3.8, 4) is 0 Å². The van der Waals surface area contributed by atoms with Crippen LogP contribution in [0, 0.1) is 34.3 Å². The molecule has 5 heteroatoms. The summed E-state index contributed by atoms with van der Waals surface area (Å²) in [6.45, 7) is 9.69. The Morgan fingerprint density at radius 2 is 1.96 bits per heavy atom. The molecule has 0 amide bonds. The largest absolute Gasteiger partial charge is 0.348 e. The average molecular weight is 455 g/mol. The Hall–Kier alpha value is -0.780. The third-order valence-electron chi connectivity index (χ3n) is 7.76. The summed E-state index contributed by atoms with van der Waals surface area (Å²) in [7, 11) is 0. The van der Waals surface area contributed by atoms with Crippen LogP contribution in [0.15, 0.2) is 30.4 Å². The van der Waals surface area contributed by atoms with Crippen LogP contribution in [0.1, 0.15) is 57.8 Å². The molecule has 1 aromatic rings. The topological polar surface area (TPSA) is 18.5 Å². The van der Waals surface area contributed by atoms with Gasteiger partial charge < -0.3 is 9.47 Å². The van der Waals surface area contributed by atoms with Gasteiger partial charge in [0.25, 0.3) is 0 Å². The molecule has 3 fully saturated rings. The van der Waals surface area contributed by atoms with E-state index in [9.17, 15) is 8.78 Å². The number of hydrogen-bond acceptors (Lipinski definition) is 2. The summed E-state index contributed by atoms with van der Waals surface area (Å²) in [5.41, 5.74) is 2.06. The zero-order chi connectivity index (χ0) is 20.1. The lowest BCUT2D eigenvalue weighted by atomic mass is 9.46. The van der Waals surface area contributed by atoms with Crippen molar-refractivity contribution in [1.82, 2.24) is 0 Å². The third kappa shape index (κ3) is 3.18. The highest BCUT2D eigenvalue weighted by Gasteiger charge is 2.60. The van der Waals surface area contributed by atoms with Gasteiger partial charge in [-0.25, -0.2) is 8.78 Å². The van der Waals surface area contributed by atoms with Gasteiger partial charge in [0.05, 0.1) is 12.7 Å². The van der Waals surface area contributed by atoms with Crippen molar-refractivity contribution in [2.45, 2.75) is 58.3 Å². The molecule has 1 aliphatic heterocycles. The molecule has 2 saturated carbocycles. The summed E-state index contributed by atoms with van der Waals surface area (Å²) in [6, 6.07) is 3.88. The molecule has 154 valence electrons. The minimum Gasteiger partial charge on any atom is -0.348 e. The van der Waals surface area contributed by atoms with Crippen LogP contribution >= 0.6 is 15.9 Å². The van der Waals surface area contributed by atoms with Crippen LogP contribution < -0.4 is 0 Å².